The molecule has 0 radical (unpaired) electrons. The second-order valence-corrected chi connectivity index (χ2v) is 7.40. The van der Waals surface area contributed by atoms with E-state index in [4.69, 9.17) is 0 Å². The van der Waals surface area contributed by atoms with Gasteiger partial charge >= 0.3 is 0 Å². The summed E-state index contributed by atoms with van der Waals surface area (Å²) in [6.45, 7) is 5.43. The first-order valence-electron chi connectivity index (χ1n) is 8.92. The van der Waals surface area contributed by atoms with Crippen molar-refractivity contribution in [3.05, 3.63) is 80.4 Å². The molecule has 3 rings (SSSR count). The van der Waals surface area contributed by atoms with Crippen molar-refractivity contribution in [1.82, 2.24) is 8.97 Å². The predicted molar refractivity (Wildman–Crippen MR) is 103 cm³/mol. The van der Waals surface area contributed by atoms with E-state index in [1.807, 2.05) is 6.92 Å². The summed E-state index contributed by atoms with van der Waals surface area (Å²) in [5.41, 5.74) is -1.89. The van der Waals surface area contributed by atoms with Gasteiger partial charge in [-0.15, -0.1) is 0 Å². The van der Waals surface area contributed by atoms with Crippen LogP contribution in [0.15, 0.2) is 52.4 Å². The number of rotatable bonds is 5. The van der Waals surface area contributed by atoms with Crippen LogP contribution in [0.4, 0.5) is 4.39 Å². The van der Waals surface area contributed by atoms with Gasteiger partial charge in [-0.3, -0.25) is 14.4 Å². The van der Waals surface area contributed by atoms with Crippen molar-refractivity contribution in [2.24, 2.45) is 5.41 Å². The van der Waals surface area contributed by atoms with Gasteiger partial charge in [0.25, 0.3) is 5.56 Å². The van der Waals surface area contributed by atoms with Gasteiger partial charge in [-0.25, -0.2) is 4.39 Å². The molecule has 28 heavy (non-hydrogen) atoms. The number of Topliss-reactive ketones (excluding diaryl/α,β-unsaturated/α-hetero) is 1. The number of pyridine rings is 1. The van der Waals surface area contributed by atoms with Gasteiger partial charge in [-0.2, -0.15) is 0 Å². The molecule has 2 heterocycles. The molecule has 7 heteroatoms. The average Bonchev–Trinajstić information content (AvgIpc) is 2.67. The molecule has 0 unspecified atom stereocenters. The third kappa shape index (κ3) is 3.35. The Morgan fingerprint density at radius 2 is 1.79 bits per heavy atom. The molecule has 0 amide bonds. The first kappa shape index (κ1) is 19.5. The number of hydrogen-bond acceptors (Lipinski definition) is 4. The lowest BCUT2D eigenvalue weighted by molar-refractivity contribution is 0.0831. The molecule has 0 fully saturated rings. The largest absolute Gasteiger partial charge is 0.503 e. The summed E-state index contributed by atoms with van der Waals surface area (Å²) < 4.78 is 15.7. The van der Waals surface area contributed by atoms with Gasteiger partial charge in [-0.05, 0) is 24.1 Å². The maximum Gasteiger partial charge on any atom is 0.279 e. The van der Waals surface area contributed by atoms with Gasteiger partial charge in [0, 0.05) is 24.0 Å². The van der Waals surface area contributed by atoms with E-state index in [9.17, 15) is 23.9 Å². The van der Waals surface area contributed by atoms with Crippen molar-refractivity contribution >= 4 is 11.3 Å². The highest BCUT2D eigenvalue weighted by atomic mass is 19.1. The summed E-state index contributed by atoms with van der Waals surface area (Å²) in [4.78, 5) is 38.1. The second-order valence-electron chi connectivity index (χ2n) is 7.40. The molecule has 0 bridgehead atoms. The van der Waals surface area contributed by atoms with Gasteiger partial charge in [0.2, 0.25) is 5.43 Å². The summed E-state index contributed by atoms with van der Waals surface area (Å²) in [5, 5.41) is 10.4. The molecule has 1 N–H and O–H groups in total. The number of nitrogens with zero attached hydrogens (tertiary/aromatic N) is 2. The molecule has 0 saturated carbocycles. The fourth-order valence-electron chi connectivity index (χ4n) is 2.90. The third-order valence-electron chi connectivity index (χ3n) is 5.09. The zero-order valence-corrected chi connectivity index (χ0v) is 15.9. The van der Waals surface area contributed by atoms with Gasteiger partial charge in [0.15, 0.2) is 17.0 Å². The molecule has 0 aliphatic carbocycles. The van der Waals surface area contributed by atoms with Crippen LogP contribution >= 0.6 is 0 Å². The Bertz CT molecular complexity index is 1170. The maximum absolute atomic E-state index is 13.1. The third-order valence-corrected chi connectivity index (χ3v) is 5.09. The first-order chi connectivity index (χ1) is 13.2. The number of hydrogen-bond donors (Lipinski definition) is 1. The normalized spacial score (nSPS) is 11.7. The lowest BCUT2D eigenvalue weighted by atomic mass is 9.82. The zero-order valence-electron chi connectivity index (χ0n) is 15.9. The van der Waals surface area contributed by atoms with E-state index in [0.717, 1.165) is 0 Å². The Balaban J connectivity index is 2.14. The van der Waals surface area contributed by atoms with Crippen LogP contribution in [0.1, 0.15) is 43.1 Å². The fourth-order valence-corrected chi connectivity index (χ4v) is 2.90. The summed E-state index contributed by atoms with van der Waals surface area (Å²) in [6, 6.07) is 5.67. The Kier molecular flexibility index (Phi) is 4.93. The number of halogens is 1. The standard InChI is InChI=1S/C21H21FN2O4/c1-4-21(2,3)19(27)15-12-23-9-10-24(11-13-5-7-14(22)8-6-13)20(28)16(23)18(26)17(15)25/h5-10,12,26H,4,11H2,1-3H3. The Labute approximate surface area is 160 Å². The van der Waals surface area contributed by atoms with Crippen molar-refractivity contribution in [3.8, 4) is 5.75 Å². The maximum atomic E-state index is 13.1. The van der Waals surface area contributed by atoms with Crippen molar-refractivity contribution in [2.75, 3.05) is 0 Å². The topological polar surface area (TPSA) is 80.8 Å². The highest BCUT2D eigenvalue weighted by molar-refractivity contribution is 6.00. The molecular formula is C21H21FN2O4. The van der Waals surface area contributed by atoms with Crippen molar-refractivity contribution in [1.29, 1.82) is 0 Å². The lowest BCUT2D eigenvalue weighted by Gasteiger charge is -2.21. The Hall–Kier alpha value is -3.22. The number of ketones is 1. The predicted octanol–water partition coefficient (Wildman–Crippen LogP) is 2.97. The molecule has 0 aliphatic heterocycles. The minimum absolute atomic E-state index is 0.146. The van der Waals surface area contributed by atoms with Crippen LogP contribution in [0, 0.1) is 11.2 Å². The Morgan fingerprint density at radius 3 is 2.39 bits per heavy atom. The number of carbonyl (C=O) groups excluding carboxylic acids is 1. The second kappa shape index (κ2) is 7.07. The number of benzene rings is 1. The minimum Gasteiger partial charge on any atom is -0.503 e. The molecule has 0 aliphatic rings. The van der Waals surface area contributed by atoms with E-state index in [-0.39, 0.29) is 29.2 Å². The molecular weight excluding hydrogens is 363 g/mol. The molecule has 0 spiro atoms. The zero-order chi connectivity index (χ0) is 20.6. The number of fused-ring (bicyclic) bond motifs is 1. The molecule has 1 aromatic carbocycles. The molecule has 6 nitrogen and oxygen atoms in total. The van der Waals surface area contributed by atoms with Crippen LogP contribution in [0.3, 0.4) is 0 Å². The van der Waals surface area contributed by atoms with E-state index < -0.39 is 22.2 Å². The molecule has 0 atom stereocenters. The SMILES string of the molecule is CCC(C)(C)C(=O)c1cn2ccn(Cc3ccc(F)cc3)c(=O)c2c(O)c1=O. The van der Waals surface area contributed by atoms with Crippen LogP contribution in [-0.4, -0.2) is 19.9 Å². The van der Waals surface area contributed by atoms with E-state index in [2.05, 4.69) is 0 Å². The molecule has 3 aromatic rings. The van der Waals surface area contributed by atoms with Crippen LogP contribution in [0.2, 0.25) is 0 Å². The average molecular weight is 384 g/mol. The van der Waals surface area contributed by atoms with E-state index >= 15 is 0 Å². The van der Waals surface area contributed by atoms with Crippen LogP contribution < -0.4 is 11.0 Å². The number of aromatic hydroxyl groups is 1. The first-order valence-corrected chi connectivity index (χ1v) is 8.92. The molecule has 0 saturated heterocycles. The molecule has 146 valence electrons. The summed E-state index contributed by atoms with van der Waals surface area (Å²) in [7, 11) is 0. The van der Waals surface area contributed by atoms with Crippen LogP contribution in [0.25, 0.3) is 5.52 Å². The van der Waals surface area contributed by atoms with Gasteiger partial charge in [0.1, 0.15) is 5.82 Å². The quantitative estimate of drug-likeness (QED) is 0.686. The van der Waals surface area contributed by atoms with Crippen molar-refractivity contribution < 1.29 is 14.3 Å². The Morgan fingerprint density at radius 1 is 1.14 bits per heavy atom. The van der Waals surface area contributed by atoms with Crippen LogP contribution in [-0.2, 0) is 6.54 Å². The smallest absolute Gasteiger partial charge is 0.279 e. The van der Waals surface area contributed by atoms with E-state index in [1.165, 1.54) is 39.7 Å². The molecule has 2 aromatic heterocycles. The summed E-state index contributed by atoms with van der Waals surface area (Å²) >= 11 is 0. The van der Waals surface area contributed by atoms with E-state index in [0.29, 0.717) is 12.0 Å². The number of aromatic nitrogens is 2. The highest BCUT2D eigenvalue weighted by Gasteiger charge is 2.30. The summed E-state index contributed by atoms with van der Waals surface area (Å²) in [6.07, 6.45) is 4.80. The summed E-state index contributed by atoms with van der Waals surface area (Å²) in [5.74, 6) is -1.53. The van der Waals surface area contributed by atoms with E-state index in [1.54, 1.807) is 26.0 Å². The monoisotopic (exact) mass is 384 g/mol. The van der Waals surface area contributed by atoms with Gasteiger partial charge in [0.05, 0.1) is 12.1 Å². The van der Waals surface area contributed by atoms with Crippen molar-refractivity contribution in [2.45, 2.75) is 33.7 Å². The van der Waals surface area contributed by atoms with Gasteiger partial charge < -0.3 is 14.1 Å². The minimum atomic E-state index is -0.858. The lowest BCUT2D eigenvalue weighted by Crippen LogP contribution is -2.31. The van der Waals surface area contributed by atoms with Crippen LogP contribution in [0.5, 0.6) is 5.75 Å². The van der Waals surface area contributed by atoms with Crippen molar-refractivity contribution in [3.63, 3.8) is 0 Å². The highest BCUT2D eigenvalue weighted by Crippen LogP contribution is 2.25. The fraction of sp³-hybridized carbons (Fsp3) is 0.286. The number of carbonyl (C=O) groups is 1. The van der Waals surface area contributed by atoms with Gasteiger partial charge in [-0.1, -0.05) is 32.9 Å².